The lowest BCUT2D eigenvalue weighted by Crippen LogP contribution is -2.02. The highest BCUT2D eigenvalue weighted by molar-refractivity contribution is 7.17. The van der Waals surface area contributed by atoms with Crippen LogP contribution in [0.25, 0.3) is 0 Å². The minimum atomic E-state index is -0.314. The van der Waals surface area contributed by atoms with Crippen molar-refractivity contribution in [2.45, 2.75) is 13.3 Å². The number of esters is 1. The maximum Gasteiger partial charge on any atom is 0.310 e. The van der Waals surface area contributed by atoms with Gasteiger partial charge in [0.1, 0.15) is 0 Å². The molecule has 0 aromatic carbocycles. The minimum Gasteiger partial charge on any atom is -0.469 e. The molecule has 0 bridgehead atoms. The largest absolute Gasteiger partial charge is 0.469 e. The van der Waals surface area contributed by atoms with E-state index in [-0.39, 0.29) is 18.2 Å². The van der Waals surface area contributed by atoms with Gasteiger partial charge in [0.05, 0.1) is 28.3 Å². The molecule has 0 aliphatic heterocycles. The number of halogens is 1. The third-order valence-corrected chi connectivity index (χ3v) is 5.32. The molecular formula is C13H11ClO3S2. The lowest BCUT2D eigenvalue weighted by Gasteiger charge is -1.96. The Hall–Kier alpha value is -1.17. The topological polar surface area (TPSA) is 43.4 Å². The first-order valence-corrected chi connectivity index (χ1v) is 7.54. The number of methoxy groups -OCH3 is 1. The lowest BCUT2D eigenvalue weighted by molar-refractivity contribution is -0.139. The fraction of sp³-hybridized carbons (Fsp3) is 0.231. The van der Waals surface area contributed by atoms with Gasteiger partial charge in [-0.25, -0.2) is 0 Å². The standard InChI is InChI=1S/C13H11ClO3S2/c1-7-6-18-13(11(7)14)12(16)9-4-3-8(19-9)5-10(15)17-2/h3-4,6H,5H2,1-2H3. The molecule has 6 heteroatoms. The van der Waals surface area contributed by atoms with E-state index in [4.69, 9.17) is 11.6 Å². The van der Waals surface area contributed by atoms with Crippen LogP contribution in [0.4, 0.5) is 0 Å². The summed E-state index contributed by atoms with van der Waals surface area (Å²) in [6, 6.07) is 3.49. The molecule has 3 nitrogen and oxygen atoms in total. The van der Waals surface area contributed by atoms with Gasteiger partial charge in [0.2, 0.25) is 5.78 Å². The average molecular weight is 315 g/mol. The van der Waals surface area contributed by atoms with E-state index in [1.807, 2.05) is 12.3 Å². The summed E-state index contributed by atoms with van der Waals surface area (Å²) in [6.07, 6.45) is 0.186. The van der Waals surface area contributed by atoms with E-state index in [1.54, 1.807) is 12.1 Å². The van der Waals surface area contributed by atoms with Gasteiger partial charge in [-0.1, -0.05) is 11.6 Å². The molecule has 0 atom stereocenters. The number of aryl methyl sites for hydroxylation is 1. The third-order valence-electron chi connectivity index (χ3n) is 2.54. The van der Waals surface area contributed by atoms with Crippen LogP contribution in [0.15, 0.2) is 17.5 Å². The molecule has 2 rings (SSSR count). The Morgan fingerprint density at radius 1 is 1.37 bits per heavy atom. The van der Waals surface area contributed by atoms with Crippen molar-refractivity contribution in [3.63, 3.8) is 0 Å². The molecule has 0 spiro atoms. The summed E-state index contributed by atoms with van der Waals surface area (Å²) in [5, 5.41) is 2.37. The number of carbonyl (C=O) groups excluding carboxylic acids is 2. The zero-order valence-corrected chi connectivity index (χ0v) is 12.7. The first kappa shape index (κ1) is 14.2. The average Bonchev–Trinajstić information content (AvgIpc) is 2.98. The molecule has 0 amide bonds. The van der Waals surface area contributed by atoms with E-state index in [2.05, 4.69) is 4.74 Å². The summed E-state index contributed by atoms with van der Waals surface area (Å²) in [4.78, 5) is 25.4. The normalized spacial score (nSPS) is 10.5. The van der Waals surface area contributed by atoms with Gasteiger partial charge in [0.15, 0.2) is 0 Å². The van der Waals surface area contributed by atoms with Gasteiger partial charge in [-0.2, -0.15) is 0 Å². The van der Waals surface area contributed by atoms with Crippen LogP contribution in [0.5, 0.6) is 0 Å². The quantitative estimate of drug-likeness (QED) is 0.638. The maximum absolute atomic E-state index is 12.3. The van der Waals surface area contributed by atoms with Crippen molar-refractivity contribution >= 4 is 46.0 Å². The highest BCUT2D eigenvalue weighted by Gasteiger charge is 2.18. The van der Waals surface area contributed by atoms with Crippen LogP contribution in [0.3, 0.4) is 0 Å². The van der Waals surface area contributed by atoms with Gasteiger partial charge < -0.3 is 4.74 Å². The summed E-state index contributed by atoms with van der Waals surface area (Å²) < 4.78 is 4.59. The van der Waals surface area contributed by atoms with Crippen molar-refractivity contribution in [2.24, 2.45) is 0 Å². The molecule has 0 radical (unpaired) electrons. The maximum atomic E-state index is 12.3. The SMILES string of the molecule is COC(=O)Cc1ccc(C(=O)c2scc(C)c2Cl)s1. The molecule has 0 aliphatic rings. The fourth-order valence-electron chi connectivity index (χ4n) is 1.50. The summed E-state index contributed by atoms with van der Waals surface area (Å²) in [7, 11) is 1.34. The Morgan fingerprint density at radius 2 is 2.11 bits per heavy atom. The number of carbonyl (C=O) groups is 2. The van der Waals surface area contributed by atoms with Gasteiger partial charge >= 0.3 is 5.97 Å². The van der Waals surface area contributed by atoms with E-state index >= 15 is 0 Å². The molecule has 0 saturated carbocycles. The Kier molecular flexibility index (Phi) is 4.39. The number of rotatable bonds is 4. The monoisotopic (exact) mass is 314 g/mol. The Bertz CT molecular complexity index is 628. The Labute approximate surface area is 123 Å². The smallest absolute Gasteiger partial charge is 0.310 e. The molecule has 100 valence electrons. The molecule has 2 aromatic rings. The van der Waals surface area contributed by atoms with Gasteiger partial charge in [-0.15, -0.1) is 22.7 Å². The second-order valence-electron chi connectivity index (χ2n) is 3.91. The zero-order valence-electron chi connectivity index (χ0n) is 10.4. The number of hydrogen-bond donors (Lipinski definition) is 0. The van der Waals surface area contributed by atoms with Gasteiger partial charge in [-0.3, -0.25) is 9.59 Å². The predicted octanol–water partition coefficient (Wildman–Crippen LogP) is 3.72. The van der Waals surface area contributed by atoms with Crippen LogP contribution in [0.1, 0.15) is 25.0 Å². The molecule has 2 aromatic heterocycles. The van der Waals surface area contributed by atoms with Gasteiger partial charge in [0.25, 0.3) is 0 Å². The number of ether oxygens (including phenoxy) is 1. The Balaban J connectivity index is 2.21. The summed E-state index contributed by atoms with van der Waals surface area (Å²) in [5.74, 6) is -0.407. The van der Waals surface area contributed by atoms with E-state index in [0.29, 0.717) is 14.8 Å². The highest BCUT2D eigenvalue weighted by atomic mass is 35.5. The molecule has 0 unspecified atom stereocenters. The summed E-state index contributed by atoms with van der Waals surface area (Å²) in [5.41, 5.74) is 0.904. The fourth-order valence-corrected chi connectivity index (χ4v) is 3.74. The summed E-state index contributed by atoms with van der Waals surface area (Å²) >= 11 is 8.72. The van der Waals surface area contributed by atoms with Crippen LogP contribution in [0, 0.1) is 6.92 Å². The van der Waals surface area contributed by atoms with Crippen LogP contribution in [0.2, 0.25) is 5.02 Å². The van der Waals surface area contributed by atoms with Crippen molar-refractivity contribution in [1.82, 2.24) is 0 Å². The molecular weight excluding hydrogens is 304 g/mol. The zero-order chi connectivity index (χ0) is 14.0. The Morgan fingerprint density at radius 3 is 2.68 bits per heavy atom. The number of thiophene rings is 2. The molecule has 0 aliphatic carbocycles. The minimum absolute atomic E-state index is 0.0933. The first-order chi connectivity index (χ1) is 9.02. The molecule has 19 heavy (non-hydrogen) atoms. The van der Waals surface area contributed by atoms with Crippen LogP contribution < -0.4 is 0 Å². The van der Waals surface area contributed by atoms with Crippen LogP contribution in [-0.2, 0) is 16.0 Å². The van der Waals surface area contributed by atoms with Crippen molar-refractivity contribution in [1.29, 1.82) is 0 Å². The van der Waals surface area contributed by atoms with Gasteiger partial charge in [-0.05, 0) is 30.0 Å². The summed E-state index contributed by atoms with van der Waals surface area (Å²) in [6.45, 7) is 1.87. The molecule has 0 fully saturated rings. The van der Waals surface area contributed by atoms with E-state index in [0.717, 1.165) is 10.4 Å². The molecule has 0 N–H and O–H groups in total. The van der Waals surface area contributed by atoms with Crippen LogP contribution >= 0.6 is 34.3 Å². The van der Waals surface area contributed by atoms with Crippen molar-refractivity contribution in [2.75, 3.05) is 7.11 Å². The van der Waals surface area contributed by atoms with Crippen molar-refractivity contribution in [3.05, 3.63) is 42.7 Å². The second kappa shape index (κ2) is 5.86. The van der Waals surface area contributed by atoms with Crippen LogP contribution in [-0.4, -0.2) is 18.9 Å². The van der Waals surface area contributed by atoms with E-state index in [9.17, 15) is 9.59 Å². The highest BCUT2D eigenvalue weighted by Crippen LogP contribution is 2.31. The van der Waals surface area contributed by atoms with E-state index < -0.39 is 0 Å². The lowest BCUT2D eigenvalue weighted by atomic mass is 10.2. The number of hydrogen-bond acceptors (Lipinski definition) is 5. The molecule has 2 heterocycles. The van der Waals surface area contributed by atoms with E-state index in [1.165, 1.54) is 29.8 Å². The molecule has 0 saturated heterocycles. The second-order valence-corrected chi connectivity index (χ2v) is 6.34. The van der Waals surface area contributed by atoms with Crippen molar-refractivity contribution < 1.29 is 14.3 Å². The predicted molar refractivity (Wildman–Crippen MR) is 77.5 cm³/mol. The van der Waals surface area contributed by atoms with Gasteiger partial charge in [0, 0.05) is 4.88 Å². The van der Waals surface area contributed by atoms with Crippen molar-refractivity contribution in [3.8, 4) is 0 Å². The third kappa shape index (κ3) is 3.05. The number of ketones is 1. The first-order valence-electron chi connectivity index (χ1n) is 5.46.